The maximum atomic E-state index is 11.9. The maximum Gasteiger partial charge on any atom is 0.336 e. The zero-order valence-electron chi connectivity index (χ0n) is 15.2. The predicted octanol–water partition coefficient (Wildman–Crippen LogP) is 4.78. The van der Waals surface area contributed by atoms with Gasteiger partial charge in [-0.3, -0.25) is 0 Å². The summed E-state index contributed by atoms with van der Waals surface area (Å²) in [6, 6.07) is 4.88. The molecule has 0 saturated heterocycles. The van der Waals surface area contributed by atoms with Crippen molar-refractivity contribution in [3.63, 3.8) is 0 Å². The minimum absolute atomic E-state index is 0.145. The lowest BCUT2D eigenvalue weighted by Gasteiger charge is -2.17. The molecule has 0 unspecified atom stereocenters. The number of benzene rings is 1. The molecular formula is C20H22N2O4S. The Morgan fingerprint density at radius 3 is 2.70 bits per heavy atom. The number of fused-ring (bicyclic) bond motifs is 1. The van der Waals surface area contributed by atoms with Crippen molar-refractivity contribution in [3.05, 3.63) is 45.6 Å². The van der Waals surface area contributed by atoms with Crippen LogP contribution in [0.4, 0.5) is 0 Å². The average molecular weight is 386 g/mol. The van der Waals surface area contributed by atoms with Crippen LogP contribution in [-0.4, -0.2) is 15.3 Å². The molecule has 0 bridgehead atoms. The fourth-order valence-electron chi connectivity index (χ4n) is 3.64. The molecule has 1 saturated carbocycles. The lowest BCUT2D eigenvalue weighted by atomic mass is 9.89. The molecule has 0 atom stereocenters. The molecule has 1 fully saturated rings. The molecule has 1 aromatic carbocycles. The van der Waals surface area contributed by atoms with Crippen molar-refractivity contribution < 1.29 is 13.9 Å². The van der Waals surface area contributed by atoms with Crippen LogP contribution in [0.1, 0.15) is 62.0 Å². The fraction of sp³-hybridized carbons (Fsp3) is 0.450. The van der Waals surface area contributed by atoms with Gasteiger partial charge in [0.05, 0.1) is 0 Å². The van der Waals surface area contributed by atoms with Crippen molar-refractivity contribution in [3.8, 4) is 5.75 Å². The lowest BCUT2D eigenvalue weighted by molar-refractivity contribution is 0.334. The predicted molar refractivity (Wildman–Crippen MR) is 103 cm³/mol. The fourth-order valence-corrected chi connectivity index (χ4v) is 4.40. The van der Waals surface area contributed by atoms with Crippen molar-refractivity contribution in [2.75, 3.05) is 0 Å². The van der Waals surface area contributed by atoms with E-state index in [1.54, 1.807) is 0 Å². The van der Waals surface area contributed by atoms with Gasteiger partial charge in [-0.15, -0.1) is 10.2 Å². The molecule has 0 aliphatic heterocycles. The largest absolute Gasteiger partial charge is 0.508 e. The summed E-state index contributed by atoms with van der Waals surface area (Å²) in [6.07, 6.45) is 6.63. The highest BCUT2D eigenvalue weighted by Gasteiger charge is 2.21. The zero-order chi connectivity index (χ0) is 18.8. The normalized spacial score (nSPS) is 15.4. The second-order valence-corrected chi connectivity index (χ2v) is 7.88. The minimum Gasteiger partial charge on any atom is -0.508 e. The Kier molecular flexibility index (Phi) is 5.20. The first-order valence-electron chi connectivity index (χ1n) is 9.39. The zero-order valence-corrected chi connectivity index (χ0v) is 16.1. The van der Waals surface area contributed by atoms with Gasteiger partial charge in [-0.25, -0.2) is 4.79 Å². The number of nitrogens with zero attached hydrogens (tertiary/aromatic N) is 2. The van der Waals surface area contributed by atoms with E-state index in [-0.39, 0.29) is 5.75 Å². The second-order valence-electron chi connectivity index (χ2n) is 6.95. The molecule has 1 N–H and O–H groups in total. The Bertz CT molecular complexity index is 1000. The van der Waals surface area contributed by atoms with Gasteiger partial charge < -0.3 is 13.9 Å². The molecule has 27 heavy (non-hydrogen) atoms. The van der Waals surface area contributed by atoms with Gasteiger partial charge in [0.1, 0.15) is 11.3 Å². The molecule has 1 aliphatic carbocycles. The van der Waals surface area contributed by atoms with Gasteiger partial charge in [-0.2, -0.15) is 0 Å². The number of hydrogen-bond acceptors (Lipinski definition) is 7. The quantitative estimate of drug-likeness (QED) is 0.498. The number of phenols is 1. The van der Waals surface area contributed by atoms with E-state index in [0.717, 1.165) is 35.2 Å². The average Bonchev–Trinajstić information content (AvgIpc) is 3.15. The third-order valence-electron chi connectivity index (χ3n) is 5.14. The molecule has 2 heterocycles. The maximum absolute atomic E-state index is 11.9. The third kappa shape index (κ3) is 3.88. The third-order valence-corrected chi connectivity index (χ3v) is 6.01. The highest BCUT2D eigenvalue weighted by molar-refractivity contribution is 7.98. The summed E-state index contributed by atoms with van der Waals surface area (Å²) in [4.78, 5) is 11.9. The molecule has 1 aliphatic rings. The Morgan fingerprint density at radius 1 is 1.11 bits per heavy atom. The highest BCUT2D eigenvalue weighted by atomic mass is 32.2. The van der Waals surface area contributed by atoms with E-state index in [0.29, 0.717) is 28.9 Å². The van der Waals surface area contributed by atoms with Crippen molar-refractivity contribution in [1.29, 1.82) is 0 Å². The van der Waals surface area contributed by atoms with E-state index in [1.165, 1.54) is 43.2 Å². The first kappa shape index (κ1) is 18.1. The Balaban J connectivity index is 1.56. The van der Waals surface area contributed by atoms with Gasteiger partial charge in [0.15, 0.2) is 0 Å². The first-order chi connectivity index (χ1) is 13.1. The summed E-state index contributed by atoms with van der Waals surface area (Å²) in [5.41, 5.74) is 1.61. The summed E-state index contributed by atoms with van der Waals surface area (Å²) < 4.78 is 11.1. The number of aryl methyl sites for hydroxylation is 1. The Labute approximate surface area is 161 Å². The van der Waals surface area contributed by atoms with Gasteiger partial charge in [-0.05, 0) is 36.5 Å². The van der Waals surface area contributed by atoms with Crippen LogP contribution in [0.25, 0.3) is 11.0 Å². The molecule has 0 radical (unpaired) electrons. The second kappa shape index (κ2) is 7.76. The monoisotopic (exact) mass is 386 g/mol. The van der Waals surface area contributed by atoms with Gasteiger partial charge >= 0.3 is 5.63 Å². The number of aromatic nitrogens is 2. The van der Waals surface area contributed by atoms with Gasteiger partial charge in [0, 0.05) is 29.2 Å². The standard InChI is InChI=1S/C20H22N2O4S/c1-2-12-8-15-14(9-18(24)25-17(15)10-16(12)23)11-27-20-22-21-19(26-20)13-6-4-3-5-7-13/h8-10,13,23H,2-7,11H2,1H3. The number of phenolic OH excluding ortho intramolecular Hbond substituents is 1. The van der Waals surface area contributed by atoms with Gasteiger partial charge in [0.25, 0.3) is 5.22 Å². The van der Waals surface area contributed by atoms with E-state index in [1.807, 2.05) is 13.0 Å². The summed E-state index contributed by atoms with van der Waals surface area (Å²) >= 11 is 1.42. The molecular weight excluding hydrogens is 364 g/mol. The van der Waals surface area contributed by atoms with Gasteiger partial charge in [-0.1, -0.05) is 37.9 Å². The lowest BCUT2D eigenvalue weighted by Crippen LogP contribution is -2.04. The highest BCUT2D eigenvalue weighted by Crippen LogP contribution is 2.34. The van der Waals surface area contributed by atoms with Crippen LogP contribution in [0.5, 0.6) is 5.75 Å². The molecule has 0 spiro atoms. The summed E-state index contributed by atoms with van der Waals surface area (Å²) in [6.45, 7) is 1.97. The Hall–Kier alpha value is -2.28. The molecule has 4 rings (SSSR count). The van der Waals surface area contributed by atoms with E-state index in [4.69, 9.17) is 8.83 Å². The van der Waals surface area contributed by atoms with Crippen molar-refractivity contribution in [2.45, 2.75) is 62.3 Å². The van der Waals surface area contributed by atoms with E-state index < -0.39 is 5.63 Å². The van der Waals surface area contributed by atoms with Crippen LogP contribution < -0.4 is 5.63 Å². The Morgan fingerprint density at radius 2 is 1.93 bits per heavy atom. The molecule has 7 heteroatoms. The number of hydrogen-bond donors (Lipinski definition) is 1. The van der Waals surface area contributed by atoms with Crippen LogP contribution in [-0.2, 0) is 12.2 Å². The van der Waals surface area contributed by atoms with E-state index in [9.17, 15) is 9.90 Å². The smallest absolute Gasteiger partial charge is 0.336 e. The summed E-state index contributed by atoms with van der Waals surface area (Å²) in [5, 5.41) is 19.7. The van der Waals surface area contributed by atoms with Crippen molar-refractivity contribution in [2.24, 2.45) is 0 Å². The molecule has 2 aromatic heterocycles. The van der Waals surface area contributed by atoms with Crippen molar-refractivity contribution >= 4 is 22.7 Å². The summed E-state index contributed by atoms with van der Waals surface area (Å²) in [5.74, 6) is 1.77. The first-order valence-corrected chi connectivity index (χ1v) is 10.4. The number of aromatic hydroxyl groups is 1. The van der Waals surface area contributed by atoms with E-state index in [2.05, 4.69) is 10.2 Å². The molecule has 6 nitrogen and oxygen atoms in total. The molecule has 142 valence electrons. The van der Waals surface area contributed by atoms with Crippen LogP contribution >= 0.6 is 11.8 Å². The van der Waals surface area contributed by atoms with Crippen LogP contribution in [0.2, 0.25) is 0 Å². The summed E-state index contributed by atoms with van der Waals surface area (Å²) in [7, 11) is 0. The molecule has 0 amide bonds. The molecule has 3 aromatic rings. The van der Waals surface area contributed by atoms with Crippen LogP contribution in [0.3, 0.4) is 0 Å². The van der Waals surface area contributed by atoms with Crippen LogP contribution in [0, 0.1) is 0 Å². The van der Waals surface area contributed by atoms with E-state index >= 15 is 0 Å². The number of rotatable bonds is 5. The van der Waals surface area contributed by atoms with Crippen LogP contribution in [0.15, 0.2) is 37.1 Å². The SMILES string of the molecule is CCc1cc2c(CSc3nnc(C4CCCCC4)o3)cc(=O)oc2cc1O. The van der Waals surface area contributed by atoms with Crippen molar-refractivity contribution in [1.82, 2.24) is 10.2 Å². The topological polar surface area (TPSA) is 89.4 Å². The number of thioether (sulfide) groups is 1. The minimum atomic E-state index is -0.435. The van der Waals surface area contributed by atoms with Gasteiger partial charge in [0.2, 0.25) is 5.89 Å².